The lowest BCUT2D eigenvalue weighted by atomic mass is 10.0. The van der Waals surface area contributed by atoms with Crippen molar-refractivity contribution in [2.75, 3.05) is 0 Å². The van der Waals surface area contributed by atoms with Crippen LogP contribution in [0.15, 0.2) is 12.2 Å². The molecule has 0 aromatic carbocycles. The first kappa shape index (κ1) is 7.80. The van der Waals surface area contributed by atoms with Gasteiger partial charge in [0, 0.05) is 0 Å². The minimum absolute atomic E-state index is 0.0840. The number of hydrogen-bond acceptors (Lipinski definition) is 1. The summed E-state index contributed by atoms with van der Waals surface area (Å²) in [6.07, 6.45) is 4.07. The summed E-state index contributed by atoms with van der Waals surface area (Å²) in [6.45, 7) is 6.05. The fourth-order valence-corrected chi connectivity index (χ4v) is 1.39. The average Bonchev–Trinajstić information content (AvgIpc) is 2.04. The summed E-state index contributed by atoms with van der Waals surface area (Å²) >= 11 is 0. The molecule has 58 valence electrons. The molecular formula is C9H16O. The minimum atomic E-state index is -0.0840. The Morgan fingerprint density at radius 2 is 2.00 bits per heavy atom. The third kappa shape index (κ3) is 1.84. The molecule has 0 saturated heterocycles. The van der Waals surface area contributed by atoms with Gasteiger partial charge in [-0.05, 0) is 31.6 Å². The van der Waals surface area contributed by atoms with Crippen molar-refractivity contribution in [3.63, 3.8) is 0 Å². The Bertz CT molecular complexity index is 115. The fourth-order valence-electron chi connectivity index (χ4n) is 1.39. The van der Waals surface area contributed by atoms with Crippen molar-refractivity contribution in [1.82, 2.24) is 0 Å². The fraction of sp³-hybridized carbons (Fsp3) is 0.778. The number of aliphatic hydroxyl groups is 1. The van der Waals surface area contributed by atoms with E-state index in [4.69, 9.17) is 0 Å². The van der Waals surface area contributed by atoms with Gasteiger partial charge < -0.3 is 5.11 Å². The molecule has 10 heavy (non-hydrogen) atoms. The van der Waals surface area contributed by atoms with E-state index in [2.05, 4.69) is 13.5 Å². The Kier molecular flexibility index (Phi) is 2.50. The summed E-state index contributed by atoms with van der Waals surface area (Å²) < 4.78 is 0. The van der Waals surface area contributed by atoms with E-state index in [-0.39, 0.29) is 6.10 Å². The van der Waals surface area contributed by atoms with E-state index in [0.717, 1.165) is 25.7 Å². The maximum atomic E-state index is 9.43. The van der Waals surface area contributed by atoms with Crippen molar-refractivity contribution in [3.05, 3.63) is 12.2 Å². The molecule has 0 bridgehead atoms. The molecule has 1 aliphatic carbocycles. The SMILES string of the molecule is C=C1CC[C@H](C)[C@@H](O)CC1. The molecule has 1 heteroatoms. The first-order chi connectivity index (χ1) is 4.70. The molecule has 0 aromatic rings. The number of aliphatic hydroxyl groups excluding tert-OH is 1. The van der Waals surface area contributed by atoms with Crippen LogP contribution in [0.5, 0.6) is 0 Å². The van der Waals surface area contributed by atoms with Crippen LogP contribution >= 0.6 is 0 Å². The van der Waals surface area contributed by atoms with Crippen molar-refractivity contribution in [1.29, 1.82) is 0 Å². The van der Waals surface area contributed by atoms with Crippen LogP contribution in [0.1, 0.15) is 32.6 Å². The smallest absolute Gasteiger partial charge is 0.0568 e. The van der Waals surface area contributed by atoms with Crippen LogP contribution < -0.4 is 0 Å². The highest BCUT2D eigenvalue weighted by Crippen LogP contribution is 2.25. The average molecular weight is 140 g/mol. The molecule has 0 radical (unpaired) electrons. The molecule has 1 aliphatic rings. The molecule has 1 fully saturated rings. The van der Waals surface area contributed by atoms with Gasteiger partial charge in [-0.1, -0.05) is 19.1 Å². The summed E-state index contributed by atoms with van der Waals surface area (Å²) in [5.74, 6) is 0.472. The second-order valence-electron chi connectivity index (χ2n) is 3.37. The van der Waals surface area contributed by atoms with Gasteiger partial charge in [0.15, 0.2) is 0 Å². The van der Waals surface area contributed by atoms with Gasteiger partial charge in [-0.25, -0.2) is 0 Å². The zero-order chi connectivity index (χ0) is 7.56. The van der Waals surface area contributed by atoms with E-state index < -0.39 is 0 Å². The standard InChI is InChI=1S/C9H16O/c1-7-3-5-8(2)9(10)6-4-7/h8-10H,1,3-6H2,2H3/t8-,9-/m0/s1. The number of rotatable bonds is 0. The molecule has 0 heterocycles. The number of allylic oxidation sites excluding steroid dienone is 1. The van der Waals surface area contributed by atoms with Crippen molar-refractivity contribution in [2.24, 2.45) is 5.92 Å². The van der Waals surface area contributed by atoms with Gasteiger partial charge >= 0.3 is 0 Å². The van der Waals surface area contributed by atoms with Crippen LogP contribution in [0.4, 0.5) is 0 Å². The topological polar surface area (TPSA) is 20.2 Å². The highest BCUT2D eigenvalue weighted by molar-refractivity contribution is 4.97. The molecule has 1 saturated carbocycles. The lowest BCUT2D eigenvalue weighted by molar-refractivity contribution is 0.110. The largest absolute Gasteiger partial charge is 0.393 e. The van der Waals surface area contributed by atoms with E-state index in [1.54, 1.807) is 0 Å². The van der Waals surface area contributed by atoms with Gasteiger partial charge in [-0.15, -0.1) is 0 Å². The van der Waals surface area contributed by atoms with Crippen LogP contribution in [0, 0.1) is 5.92 Å². The molecule has 0 amide bonds. The van der Waals surface area contributed by atoms with Gasteiger partial charge in [-0.3, -0.25) is 0 Å². The first-order valence-electron chi connectivity index (χ1n) is 4.05. The van der Waals surface area contributed by atoms with Crippen molar-refractivity contribution in [2.45, 2.75) is 38.7 Å². The van der Waals surface area contributed by atoms with Crippen molar-refractivity contribution < 1.29 is 5.11 Å². The molecule has 0 aliphatic heterocycles. The van der Waals surface area contributed by atoms with Crippen LogP contribution in [-0.4, -0.2) is 11.2 Å². The van der Waals surface area contributed by atoms with Gasteiger partial charge in [0.25, 0.3) is 0 Å². The lowest BCUT2D eigenvalue weighted by Crippen LogP contribution is -2.14. The highest BCUT2D eigenvalue weighted by atomic mass is 16.3. The Hall–Kier alpha value is -0.300. The quantitative estimate of drug-likeness (QED) is 0.403. The summed E-state index contributed by atoms with van der Waals surface area (Å²) in [6, 6.07) is 0. The second kappa shape index (κ2) is 3.20. The van der Waals surface area contributed by atoms with Crippen molar-refractivity contribution >= 4 is 0 Å². The molecule has 0 spiro atoms. The van der Waals surface area contributed by atoms with Gasteiger partial charge in [0.1, 0.15) is 0 Å². The molecule has 1 N–H and O–H groups in total. The summed E-state index contributed by atoms with van der Waals surface area (Å²) in [5.41, 5.74) is 1.31. The summed E-state index contributed by atoms with van der Waals surface area (Å²) in [5, 5.41) is 9.43. The maximum Gasteiger partial charge on any atom is 0.0568 e. The maximum absolute atomic E-state index is 9.43. The molecule has 0 aromatic heterocycles. The summed E-state index contributed by atoms with van der Waals surface area (Å²) in [4.78, 5) is 0. The lowest BCUT2D eigenvalue weighted by Gasteiger charge is -2.13. The van der Waals surface area contributed by atoms with E-state index >= 15 is 0 Å². The number of hydrogen-bond donors (Lipinski definition) is 1. The summed E-state index contributed by atoms with van der Waals surface area (Å²) in [7, 11) is 0. The zero-order valence-corrected chi connectivity index (χ0v) is 6.64. The molecule has 1 nitrogen and oxygen atoms in total. The highest BCUT2D eigenvalue weighted by Gasteiger charge is 2.17. The molecule has 0 unspecified atom stereocenters. The predicted octanol–water partition coefficient (Wildman–Crippen LogP) is 2.11. The van der Waals surface area contributed by atoms with E-state index in [0.29, 0.717) is 5.92 Å². The monoisotopic (exact) mass is 140 g/mol. The van der Waals surface area contributed by atoms with Crippen LogP contribution in [0.3, 0.4) is 0 Å². The molecule has 2 atom stereocenters. The molecular weight excluding hydrogens is 124 g/mol. The van der Waals surface area contributed by atoms with Crippen LogP contribution in [0.2, 0.25) is 0 Å². The van der Waals surface area contributed by atoms with Crippen LogP contribution in [-0.2, 0) is 0 Å². The second-order valence-corrected chi connectivity index (χ2v) is 3.37. The van der Waals surface area contributed by atoms with E-state index in [1.807, 2.05) is 0 Å². The minimum Gasteiger partial charge on any atom is -0.393 e. The van der Waals surface area contributed by atoms with E-state index in [9.17, 15) is 5.11 Å². The normalized spacial score (nSPS) is 35.6. The third-order valence-electron chi connectivity index (χ3n) is 2.40. The Morgan fingerprint density at radius 1 is 1.40 bits per heavy atom. The Morgan fingerprint density at radius 3 is 2.70 bits per heavy atom. The Labute approximate surface area is 62.8 Å². The predicted molar refractivity (Wildman–Crippen MR) is 42.8 cm³/mol. The molecule has 1 rings (SSSR count). The first-order valence-corrected chi connectivity index (χ1v) is 4.05. The van der Waals surface area contributed by atoms with Gasteiger partial charge in [0.05, 0.1) is 6.10 Å². The van der Waals surface area contributed by atoms with Crippen molar-refractivity contribution in [3.8, 4) is 0 Å². The van der Waals surface area contributed by atoms with Crippen LogP contribution in [0.25, 0.3) is 0 Å². The Balaban J connectivity index is 2.46. The van der Waals surface area contributed by atoms with E-state index in [1.165, 1.54) is 5.57 Å². The zero-order valence-electron chi connectivity index (χ0n) is 6.64. The van der Waals surface area contributed by atoms with Gasteiger partial charge in [-0.2, -0.15) is 0 Å². The third-order valence-corrected chi connectivity index (χ3v) is 2.40. The van der Waals surface area contributed by atoms with Gasteiger partial charge in [0.2, 0.25) is 0 Å².